The van der Waals surface area contributed by atoms with Gasteiger partial charge in [-0.3, -0.25) is 0 Å². The number of benzene rings is 1. The fourth-order valence-electron chi connectivity index (χ4n) is 2.16. The van der Waals surface area contributed by atoms with Crippen LogP contribution in [0.1, 0.15) is 42.3 Å². The predicted molar refractivity (Wildman–Crippen MR) is 86.2 cm³/mol. The van der Waals surface area contributed by atoms with Gasteiger partial charge in [0.25, 0.3) is 0 Å². The molecular formula is C16H24O5Si. The molecule has 122 valence electrons. The van der Waals surface area contributed by atoms with Gasteiger partial charge in [0.1, 0.15) is 0 Å². The lowest BCUT2D eigenvalue weighted by Crippen LogP contribution is -2.40. The summed E-state index contributed by atoms with van der Waals surface area (Å²) in [7, 11) is -1.98. The number of carboxylic acids is 1. The smallest absolute Gasteiger partial charge is 0.336 e. The second-order valence-corrected chi connectivity index (χ2v) is 11.9. The van der Waals surface area contributed by atoms with Crippen molar-refractivity contribution < 1.29 is 23.8 Å². The van der Waals surface area contributed by atoms with E-state index in [0.717, 1.165) is 0 Å². The van der Waals surface area contributed by atoms with Crippen LogP contribution in [-0.4, -0.2) is 26.2 Å². The quantitative estimate of drug-likeness (QED) is 0.850. The molecule has 0 aliphatic carbocycles. The molecule has 0 saturated heterocycles. The summed E-state index contributed by atoms with van der Waals surface area (Å²) in [4.78, 5) is 11.6. The van der Waals surface area contributed by atoms with Crippen molar-refractivity contribution in [2.75, 3.05) is 6.79 Å². The molecule has 0 aromatic heterocycles. The van der Waals surface area contributed by atoms with Crippen LogP contribution in [0.3, 0.4) is 0 Å². The molecule has 6 heteroatoms. The van der Waals surface area contributed by atoms with Crippen LogP contribution in [0.15, 0.2) is 6.07 Å². The maximum Gasteiger partial charge on any atom is 0.336 e. The van der Waals surface area contributed by atoms with E-state index in [2.05, 4.69) is 33.9 Å². The first-order valence-corrected chi connectivity index (χ1v) is 10.2. The topological polar surface area (TPSA) is 65.0 Å². The van der Waals surface area contributed by atoms with Crippen LogP contribution >= 0.6 is 0 Å². The Morgan fingerprint density at radius 3 is 2.55 bits per heavy atom. The molecule has 0 bridgehead atoms. The minimum absolute atomic E-state index is 0.0563. The molecule has 0 spiro atoms. The molecule has 22 heavy (non-hydrogen) atoms. The highest BCUT2D eigenvalue weighted by molar-refractivity contribution is 6.74. The number of ether oxygens (including phenoxy) is 2. The molecule has 0 atom stereocenters. The number of fused-ring (bicyclic) bond motifs is 1. The van der Waals surface area contributed by atoms with Gasteiger partial charge in [0.15, 0.2) is 19.8 Å². The molecule has 5 nitrogen and oxygen atoms in total. The highest BCUT2D eigenvalue weighted by Crippen LogP contribution is 2.42. The van der Waals surface area contributed by atoms with Gasteiger partial charge in [0.2, 0.25) is 6.79 Å². The Morgan fingerprint density at radius 1 is 1.36 bits per heavy atom. The van der Waals surface area contributed by atoms with Gasteiger partial charge in [0.05, 0.1) is 12.2 Å². The molecule has 0 amide bonds. The van der Waals surface area contributed by atoms with Gasteiger partial charge in [-0.2, -0.15) is 0 Å². The zero-order chi connectivity index (χ0) is 16.7. The van der Waals surface area contributed by atoms with E-state index in [1.165, 1.54) is 0 Å². The molecule has 1 aromatic carbocycles. The zero-order valence-electron chi connectivity index (χ0n) is 14.1. The van der Waals surface area contributed by atoms with E-state index in [9.17, 15) is 9.90 Å². The summed E-state index contributed by atoms with van der Waals surface area (Å²) in [5.74, 6) is 0.127. The number of hydrogen-bond donors (Lipinski definition) is 1. The molecule has 1 aliphatic heterocycles. The molecule has 1 aromatic rings. The maximum absolute atomic E-state index is 11.6. The molecule has 1 aliphatic rings. The monoisotopic (exact) mass is 324 g/mol. The van der Waals surface area contributed by atoms with Crippen LogP contribution in [0.5, 0.6) is 11.5 Å². The van der Waals surface area contributed by atoms with Gasteiger partial charge in [0, 0.05) is 5.56 Å². The van der Waals surface area contributed by atoms with Crippen LogP contribution < -0.4 is 9.47 Å². The maximum atomic E-state index is 11.6. The van der Waals surface area contributed by atoms with E-state index in [-0.39, 0.29) is 24.0 Å². The molecule has 0 radical (unpaired) electrons. The Morgan fingerprint density at radius 2 is 2.00 bits per heavy atom. The van der Waals surface area contributed by atoms with Crippen molar-refractivity contribution >= 4 is 14.3 Å². The van der Waals surface area contributed by atoms with E-state index in [1.807, 2.05) is 0 Å². The Balaban J connectivity index is 2.40. The number of hydrogen-bond acceptors (Lipinski definition) is 4. The summed E-state index contributed by atoms with van der Waals surface area (Å²) in [6, 6.07) is 1.71. The number of carbonyl (C=O) groups is 1. The molecule has 1 heterocycles. The van der Waals surface area contributed by atoms with Crippen molar-refractivity contribution in [3.05, 3.63) is 22.8 Å². The third-order valence-electron chi connectivity index (χ3n) is 4.56. The van der Waals surface area contributed by atoms with Gasteiger partial charge >= 0.3 is 5.97 Å². The van der Waals surface area contributed by atoms with Crippen molar-refractivity contribution in [1.82, 2.24) is 0 Å². The molecule has 0 saturated carbocycles. The Hall–Kier alpha value is -1.53. The minimum Gasteiger partial charge on any atom is -0.478 e. The van der Waals surface area contributed by atoms with Crippen molar-refractivity contribution in [3.63, 3.8) is 0 Å². The van der Waals surface area contributed by atoms with Crippen molar-refractivity contribution in [2.24, 2.45) is 0 Å². The molecule has 1 N–H and O–H groups in total. The van der Waals surface area contributed by atoms with Crippen LogP contribution in [0.2, 0.25) is 18.1 Å². The number of aromatic carboxylic acids is 1. The van der Waals surface area contributed by atoms with Gasteiger partial charge in [-0.15, -0.1) is 0 Å². The van der Waals surface area contributed by atoms with Crippen LogP contribution in [0, 0.1) is 6.92 Å². The number of aryl methyl sites for hydroxylation is 1. The van der Waals surface area contributed by atoms with Crippen LogP contribution in [-0.2, 0) is 11.0 Å². The minimum atomic E-state index is -1.98. The van der Waals surface area contributed by atoms with Crippen molar-refractivity contribution in [3.8, 4) is 11.5 Å². The number of carboxylic acid groups (broad SMARTS) is 1. The van der Waals surface area contributed by atoms with E-state index in [4.69, 9.17) is 13.9 Å². The second kappa shape index (κ2) is 5.59. The zero-order valence-corrected chi connectivity index (χ0v) is 15.1. The predicted octanol–water partition coefficient (Wildman–Crippen LogP) is 3.94. The van der Waals surface area contributed by atoms with Crippen LogP contribution in [0.25, 0.3) is 0 Å². The number of rotatable bonds is 4. The highest BCUT2D eigenvalue weighted by Gasteiger charge is 2.38. The van der Waals surface area contributed by atoms with Crippen molar-refractivity contribution in [2.45, 2.75) is 52.4 Å². The lowest BCUT2D eigenvalue weighted by molar-refractivity contribution is 0.0692. The fraction of sp³-hybridized carbons (Fsp3) is 0.562. The molecule has 0 fully saturated rings. The van der Waals surface area contributed by atoms with E-state index in [1.54, 1.807) is 13.0 Å². The van der Waals surface area contributed by atoms with E-state index in [0.29, 0.717) is 22.6 Å². The van der Waals surface area contributed by atoms with E-state index < -0.39 is 14.3 Å². The van der Waals surface area contributed by atoms with E-state index >= 15 is 0 Å². The Kier molecular flexibility index (Phi) is 4.28. The second-order valence-electron chi connectivity index (χ2n) is 7.13. The standard InChI is InChI=1S/C16H24O5Si/c1-10-7-12-14(20-9-19-12)11(13(10)15(17)18)8-21-22(5,6)16(2,3)4/h7H,8-9H2,1-6H3,(H,17,18). The fourth-order valence-corrected chi connectivity index (χ4v) is 3.09. The first-order chi connectivity index (χ1) is 10.0. The van der Waals surface area contributed by atoms with Gasteiger partial charge in [-0.05, 0) is 36.7 Å². The van der Waals surface area contributed by atoms with Crippen molar-refractivity contribution in [1.29, 1.82) is 0 Å². The summed E-state index contributed by atoms with van der Waals surface area (Å²) in [5, 5.41) is 9.58. The summed E-state index contributed by atoms with van der Waals surface area (Å²) in [6.45, 7) is 12.8. The first kappa shape index (κ1) is 16.8. The lowest BCUT2D eigenvalue weighted by Gasteiger charge is -2.36. The summed E-state index contributed by atoms with van der Waals surface area (Å²) >= 11 is 0. The third kappa shape index (κ3) is 2.98. The van der Waals surface area contributed by atoms with Gasteiger partial charge < -0.3 is 19.0 Å². The Bertz CT molecular complexity index is 602. The summed E-state index contributed by atoms with van der Waals surface area (Å²) < 4.78 is 17.1. The summed E-state index contributed by atoms with van der Waals surface area (Å²) in [5.41, 5.74) is 1.48. The average Bonchev–Trinajstić information content (AvgIpc) is 2.81. The third-order valence-corrected chi connectivity index (χ3v) is 9.04. The normalized spacial score (nSPS) is 14.3. The van der Waals surface area contributed by atoms with Gasteiger partial charge in [-0.1, -0.05) is 20.8 Å². The first-order valence-electron chi connectivity index (χ1n) is 7.34. The largest absolute Gasteiger partial charge is 0.478 e. The van der Waals surface area contributed by atoms with Gasteiger partial charge in [-0.25, -0.2) is 4.79 Å². The molecule has 2 rings (SSSR count). The SMILES string of the molecule is Cc1cc2c(c(CO[Si](C)(C)C(C)(C)C)c1C(=O)O)OCO2. The lowest BCUT2D eigenvalue weighted by atomic mass is 10.0. The summed E-state index contributed by atoms with van der Waals surface area (Å²) in [6.07, 6.45) is 0. The Labute approximate surface area is 132 Å². The average molecular weight is 324 g/mol. The highest BCUT2D eigenvalue weighted by atomic mass is 28.4. The van der Waals surface area contributed by atoms with Crippen LogP contribution in [0.4, 0.5) is 0 Å². The molecule has 0 unspecified atom stereocenters. The molecular weight excluding hydrogens is 300 g/mol.